The first-order valence-corrected chi connectivity index (χ1v) is 11.1. The number of likely N-dealkylation sites (N-methyl/N-ethyl adjacent to an activating group) is 1. The van der Waals surface area contributed by atoms with E-state index in [9.17, 15) is 9.59 Å². The Morgan fingerprint density at radius 2 is 1.84 bits per heavy atom. The zero-order valence-corrected chi connectivity index (χ0v) is 19.6. The van der Waals surface area contributed by atoms with Crippen LogP contribution >= 0.6 is 34.5 Å². The zero-order chi connectivity index (χ0) is 22.5. The molecule has 0 N–H and O–H groups in total. The fourth-order valence-electron chi connectivity index (χ4n) is 2.97. The van der Waals surface area contributed by atoms with E-state index in [2.05, 4.69) is 4.98 Å². The fourth-order valence-corrected chi connectivity index (χ4v) is 4.39. The van der Waals surface area contributed by atoms with Gasteiger partial charge in [0.15, 0.2) is 5.13 Å². The van der Waals surface area contributed by atoms with E-state index in [1.54, 1.807) is 40.4 Å². The minimum atomic E-state index is -0.237. The third-order valence-corrected chi connectivity index (χ3v) is 6.17. The molecule has 1 unspecified atom stereocenters. The average molecular weight is 474 g/mol. The maximum absolute atomic E-state index is 12.7. The van der Waals surface area contributed by atoms with Crippen LogP contribution in [0.3, 0.4) is 0 Å². The molecule has 0 saturated carbocycles. The van der Waals surface area contributed by atoms with E-state index in [0.29, 0.717) is 20.9 Å². The lowest BCUT2D eigenvalue weighted by molar-refractivity contribution is -0.126. The molecule has 1 aromatic heterocycles. The normalized spacial score (nSPS) is 12.0. The number of benzene rings is 2. The van der Waals surface area contributed by atoms with Gasteiger partial charge in [0.05, 0.1) is 17.4 Å². The number of nitrogens with zero attached hydrogens (tertiary/aromatic N) is 3. The van der Waals surface area contributed by atoms with Gasteiger partial charge >= 0.3 is 0 Å². The number of thiazole rings is 1. The van der Waals surface area contributed by atoms with Gasteiger partial charge in [0.1, 0.15) is 0 Å². The Balaban J connectivity index is 1.74. The van der Waals surface area contributed by atoms with Crippen molar-refractivity contribution in [1.29, 1.82) is 0 Å². The first kappa shape index (κ1) is 23.0. The second-order valence-electron chi connectivity index (χ2n) is 6.87. The van der Waals surface area contributed by atoms with Crippen molar-refractivity contribution in [3.05, 3.63) is 81.3 Å². The summed E-state index contributed by atoms with van der Waals surface area (Å²) in [7, 11) is 1.71. The van der Waals surface area contributed by atoms with Crippen molar-refractivity contribution < 1.29 is 9.59 Å². The lowest BCUT2D eigenvalue weighted by Crippen LogP contribution is -2.28. The minimum absolute atomic E-state index is 0.138. The molecule has 0 spiro atoms. The highest BCUT2D eigenvalue weighted by molar-refractivity contribution is 7.14. The highest BCUT2D eigenvalue weighted by Gasteiger charge is 2.19. The fraction of sp³-hybridized carbons (Fsp3) is 0.174. The monoisotopic (exact) mass is 473 g/mol. The van der Waals surface area contributed by atoms with Crippen molar-refractivity contribution in [2.45, 2.75) is 19.9 Å². The predicted octanol–water partition coefficient (Wildman–Crippen LogP) is 6.37. The Bertz CT molecular complexity index is 1120. The van der Waals surface area contributed by atoms with Gasteiger partial charge in [-0.15, -0.1) is 11.3 Å². The molecule has 2 amide bonds. The maximum Gasteiger partial charge on any atom is 0.246 e. The molecule has 0 fully saturated rings. The van der Waals surface area contributed by atoms with Crippen LogP contribution in [0, 0.1) is 0 Å². The van der Waals surface area contributed by atoms with Crippen LogP contribution in [0.5, 0.6) is 0 Å². The summed E-state index contributed by atoms with van der Waals surface area (Å²) < 4.78 is 0. The number of rotatable bonds is 6. The molecule has 3 rings (SSSR count). The van der Waals surface area contributed by atoms with Crippen LogP contribution in [-0.2, 0) is 9.59 Å². The number of carbonyl (C=O) groups is 2. The van der Waals surface area contributed by atoms with Gasteiger partial charge in [0, 0.05) is 35.5 Å². The SMILES string of the molecule is CC(=O)N(c1ccccc1)c1nc(/C=C/C(=O)N(C)C(C)c2ccc(Cl)cc2Cl)cs1. The molecule has 1 heterocycles. The first-order chi connectivity index (χ1) is 14.8. The Labute approximate surface area is 195 Å². The van der Waals surface area contributed by atoms with Crippen LogP contribution in [-0.4, -0.2) is 28.7 Å². The Hall–Kier alpha value is -2.67. The third-order valence-electron chi connectivity index (χ3n) is 4.77. The number of hydrogen-bond acceptors (Lipinski definition) is 4. The summed E-state index contributed by atoms with van der Waals surface area (Å²) in [6, 6.07) is 14.3. The number of amides is 2. The summed E-state index contributed by atoms with van der Waals surface area (Å²) >= 11 is 13.6. The quantitative estimate of drug-likeness (QED) is 0.390. The molecule has 160 valence electrons. The number of carbonyl (C=O) groups excluding carboxylic acids is 2. The van der Waals surface area contributed by atoms with E-state index >= 15 is 0 Å². The van der Waals surface area contributed by atoms with Gasteiger partial charge in [0.25, 0.3) is 0 Å². The molecule has 5 nitrogen and oxygen atoms in total. The Morgan fingerprint density at radius 1 is 1.13 bits per heavy atom. The third kappa shape index (κ3) is 5.53. The predicted molar refractivity (Wildman–Crippen MR) is 128 cm³/mol. The molecule has 0 saturated heterocycles. The van der Waals surface area contributed by atoms with Crippen molar-refractivity contribution >= 4 is 63.2 Å². The molecular weight excluding hydrogens is 453 g/mol. The largest absolute Gasteiger partial charge is 0.335 e. The van der Waals surface area contributed by atoms with Gasteiger partial charge in [-0.3, -0.25) is 14.5 Å². The first-order valence-electron chi connectivity index (χ1n) is 9.49. The van der Waals surface area contributed by atoms with E-state index in [0.717, 1.165) is 11.3 Å². The number of aromatic nitrogens is 1. The highest BCUT2D eigenvalue weighted by Crippen LogP contribution is 2.30. The molecule has 0 aliphatic heterocycles. The molecule has 0 bridgehead atoms. The summed E-state index contributed by atoms with van der Waals surface area (Å²) in [6.07, 6.45) is 3.10. The summed E-state index contributed by atoms with van der Waals surface area (Å²) in [6.45, 7) is 3.39. The molecule has 1 atom stereocenters. The van der Waals surface area contributed by atoms with Crippen LogP contribution in [0.15, 0.2) is 60.0 Å². The molecular formula is C23H21Cl2N3O2S. The lowest BCUT2D eigenvalue weighted by atomic mass is 10.1. The summed E-state index contributed by atoms with van der Waals surface area (Å²) in [4.78, 5) is 32.5. The Kier molecular flexibility index (Phi) is 7.49. The number of para-hydroxylation sites is 1. The van der Waals surface area contributed by atoms with Crippen LogP contribution in [0.1, 0.15) is 31.1 Å². The van der Waals surface area contributed by atoms with Gasteiger partial charge < -0.3 is 4.90 Å². The van der Waals surface area contributed by atoms with Crippen molar-refractivity contribution in [3.8, 4) is 0 Å². The van der Waals surface area contributed by atoms with Gasteiger partial charge in [-0.2, -0.15) is 0 Å². The molecule has 8 heteroatoms. The molecule has 2 aromatic carbocycles. The highest BCUT2D eigenvalue weighted by atomic mass is 35.5. The van der Waals surface area contributed by atoms with Crippen molar-refractivity contribution in [3.63, 3.8) is 0 Å². The van der Waals surface area contributed by atoms with E-state index < -0.39 is 0 Å². The van der Waals surface area contributed by atoms with Crippen molar-refractivity contribution in [2.24, 2.45) is 0 Å². The minimum Gasteiger partial charge on any atom is -0.335 e. The standard InChI is InChI=1S/C23H21Cl2N3O2S/c1-15(20-11-9-17(24)13-21(20)25)27(3)22(30)12-10-18-14-31-23(26-18)28(16(2)29)19-7-5-4-6-8-19/h4-15H,1-3H3/b12-10+. The van der Waals surface area contributed by atoms with Gasteiger partial charge in [0.2, 0.25) is 11.8 Å². The van der Waals surface area contributed by atoms with E-state index in [-0.39, 0.29) is 17.9 Å². The summed E-state index contributed by atoms with van der Waals surface area (Å²) in [5, 5.41) is 3.40. The number of halogens is 2. The molecule has 3 aromatic rings. The molecule has 0 radical (unpaired) electrons. The second-order valence-corrected chi connectivity index (χ2v) is 8.55. The van der Waals surface area contributed by atoms with E-state index in [1.807, 2.05) is 43.3 Å². The maximum atomic E-state index is 12.7. The molecule has 0 aliphatic carbocycles. The molecule has 31 heavy (non-hydrogen) atoms. The number of anilines is 2. The van der Waals surface area contributed by atoms with Crippen molar-refractivity contribution in [1.82, 2.24) is 9.88 Å². The lowest BCUT2D eigenvalue weighted by Gasteiger charge is -2.25. The zero-order valence-electron chi connectivity index (χ0n) is 17.3. The second kappa shape index (κ2) is 10.1. The van der Waals surface area contributed by atoms with Gasteiger partial charge in [-0.25, -0.2) is 4.98 Å². The summed E-state index contributed by atoms with van der Waals surface area (Å²) in [5.41, 5.74) is 2.15. The molecule has 0 aliphatic rings. The van der Waals surface area contributed by atoms with Crippen LogP contribution in [0.25, 0.3) is 6.08 Å². The average Bonchev–Trinajstić information content (AvgIpc) is 3.20. The van der Waals surface area contributed by atoms with E-state index in [4.69, 9.17) is 23.2 Å². The topological polar surface area (TPSA) is 53.5 Å². The summed E-state index contributed by atoms with van der Waals surface area (Å²) in [5.74, 6) is -0.333. The van der Waals surface area contributed by atoms with Crippen LogP contribution < -0.4 is 4.90 Å². The van der Waals surface area contributed by atoms with Crippen molar-refractivity contribution in [2.75, 3.05) is 11.9 Å². The van der Waals surface area contributed by atoms with Gasteiger partial charge in [-0.05, 0) is 42.8 Å². The smallest absolute Gasteiger partial charge is 0.246 e. The van der Waals surface area contributed by atoms with Gasteiger partial charge in [-0.1, -0.05) is 47.5 Å². The van der Waals surface area contributed by atoms with Crippen LogP contribution in [0.4, 0.5) is 10.8 Å². The van der Waals surface area contributed by atoms with Crippen LogP contribution in [0.2, 0.25) is 10.0 Å². The van der Waals surface area contributed by atoms with E-state index in [1.165, 1.54) is 24.3 Å². The Morgan fingerprint density at radius 3 is 2.48 bits per heavy atom. The number of hydrogen-bond donors (Lipinski definition) is 0.